The highest BCUT2D eigenvalue weighted by molar-refractivity contribution is 6.77. The second-order valence-corrected chi connectivity index (χ2v) is 67.2. The van der Waals surface area contributed by atoms with Crippen LogP contribution in [0.25, 0.3) is 0 Å². The van der Waals surface area contributed by atoms with Gasteiger partial charge in [-0.2, -0.15) is 0 Å². The first-order valence-electron chi connectivity index (χ1n) is 29.9. The third-order valence-electron chi connectivity index (χ3n) is 20.1. The highest BCUT2D eigenvalue weighted by Gasteiger charge is 2.49. The maximum Gasteiger partial charge on any atom is 0.338 e. The van der Waals surface area contributed by atoms with Crippen molar-refractivity contribution in [3.8, 4) is 46.0 Å². The second kappa shape index (κ2) is 22.7. The summed E-state index contributed by atoms with van der Waals surface area (Å²) in [5, 5.41) is -0.848. The number of ether oxygens (including phenoxy) is 2. The van der Waals surface area contributed by atoms with Crippen LogP contribution in [0.3, 0.4) is 0 Å². The lowest BCUT2D eigenvalue weighted by molar-refractivity contribution is -0.0187. The molecule has 0 saturated heterocycles. The van der Waals surface area contributed by atoms with Crippen molar-refractivity contribution in [3.05, 3.63) is 59.2 Å². The van der Waals surface area contributed by atoms with Gasteiger partial charge in [0, 0.05) is 24.1 Å². The number of hydrogen-bond acceptors (Lipinski definition) is 10. The molecule has 460 valence electrons. The van der Waals surface area contributed by atoms with Crippen molar-refractivity contribution in [3.63, 3.8) is 0 Å². The molecule has 1 heterocycles. The number of rotatable bonds is 17. The summed E-state index contributed by atoms with van der Waals surface area (Å²) < 4.78 is 65.3. The van der Waals surface area contributed by atoms with E-state index in [0.717, 1.165) is 11.1 Å². The number of fused-ring (bicyclic) bond motifs is 1. The van der Waals surface area contributed by atoms with Gasteiger partial charge in [-0.1, -0.05) is 151 Å². The van der Waals surface area contributed by atoms with Crippen LogP contribution in [0.4, 0.5) is 0 Å². The Kier molecular flexibility index (Phi) is 19.8. The van der Waals surface area contributed by atoms with Gasteiger partial charge in [-0.05, 0) is 157 Å². The highest BCUT2D eigenvalue weighted by atomic mass is 28.4. The van der Waals surface area contributed by atoms with Crippen molar-refractivity contribution < 1.29 is 45.3 Å². The van der Waals surface area contributed by atoms with Crippen LogP contribution in [0.15, 0.2) is 42.5 Å². The molecular weight excluding hydrogens is 1130 g/mol. The fourth-order valence-corrected chi connectivity index (χ4v) is 14.1. The average molecular weight is 1240 g/mol. The number of carbonyl (C=O) groups excluding carboxylic acids is 1. The van der Waals surface area contributed by atoms with Crippen LogP contribution in [-0.2, 0) is 11.2 Å². The van der Waals surface area contributed by atoms with Crippen LogP contribution in [-0.4, -0.2) is 70.3 Å². The van der Waals surface area contributed by atoms with Gasteiger partial charge in [0.25, 0.3) is 41.6 Å². The Morgan fingerprint density at radius 1 is 0.395 bits per heavy atom. The molecule has 1 aliphatic rings. The van der Waals surface area contributed by atoms with Crippen molar-refractivity contribution in [2.45, 2.75) is 291 Å². The molecule has 1 aliphatic heterocycles. The monoisotopic (exact) mass is 1240 g/mol. The summed E-state index contributed by atoms with van der Waals surface area (Å²) >= 11 is 0. The Morgan fingerprint density at radius 2 is 0.728 bits per heavy atom. The van der Waals surface area contributed by atoms with Crippen LogP contribution in [0, 0.1) is 0 Å². The van der Waals surface area contributed by atoms with E-state index >= 15 is 4.79 Å². The smallest absolute Gasteiger partial charge is 0.338 e. The molecule has 10 nitrogen and oxygen atoms in total. The number of hydrogen-bond donors (Lipinski definition) is 0. The molecule has 0 N–H and O–H groups in total. The Labute approximate surface area is 502 Å². The molecule has 4 rings (SSSR count). The summed E-state index contributed by atoms with van der Waals surface area (Å²) in [6, 6.07) is 13.9. The minimum absolute atomic E-state index is 0.0655. The maximum atomic E-state index is 15.7. The molecule has 3 aromatic carbocycles. The van der Waals surface area contributed by atoms with Gasteiger partial charge >= 0.3 is 5.97 Å². The predicted octanol–water partition coefficient (Wildman–Crippen LogP) is 21.3. The third kappa shape index (κ3) is 16.1. The third-order valence-corrected chi connectivity index (χ3v) is 50.5. The zero-order valence-electron chi connectivity index (χ0n) is 58.0. The first-order chi connectivity index (χ1) is 35.7. The molecule has 0 bridgehead atoms. The average Bonchev–Trinajstić information content (AvgIpc) is 3.21. The van der Waals surface area contributed by atoms with Crippen molar-refractivity contribution in [1.29, 1.82) is 0 Å². The fraction of sp³-hybridized carbons (Fsp3) is 0.703. The Hall–Kier alpha value is -2.95. The lowest BCUT2D eigenvalue weighted by atomic mass is 9.93. The summed E-state index contributed by atoms with van der Waals surface area (Å²) in [5.74, 6) is 4.42. The van der Waals surface area contributed by atoms with Gasteiger partial charge in [0.15, 0.2) is 11.9 Å². The molecule has 17 heteroatoms. The molecule has 0 spiro atoms. The first-order valence-corrected chi connectivity index (χ1v) is 50.2. The van der Waals surface area contributed by atoms with E-state index in [1.165, 1.54) is 0 Å². The predicted molar refractivity (Wildman–Crippen MR) is 360 cm³/mol. The van der Waals surface area contributed by atoms with E-state index < -0.39 is 76.4 Å². The lowest BCUT2D eigenvalue weighted by Gasteiger charge is -2.42. The molecule has 0 aromatic heterocycles. The van der Waals surface area contributed by atoms with E-state index in [2.05, 4.69) is 255 Å². The molecule has 3 aromatic rings. The molecule has 2 atom stereocenters. The van der Waals surface area contributed by atoms with Gasteiger partial charge in [0.1, 0.15) is 46.4 Å². The van der Waals surface area contributed by atoms with Crippen molar-refractivity contribution >= 4 is 64.2 Å². The standard InChI is InChI=1S/C64H116O10Si7/c1-58(2,3)75(22,23)68-46-41-49-47(50(42-46)70-77(26,27)60(7,8)9)43-52(55(66-49)44-36-37-48(69-76(24,25)59(4,5)6)51(38-44)71-78(28,29)61(10,11)12)67-57(65)45-39-53(72-79(30,31)62(13,14)15)56(74-81(34,35)64(19,20)21)54(40-45)73-80(32,33)63(16,17)18/h36-42,52,55H,43H2,1-35H3/t52-,55-/m1/s1. The Bertz CT molecular complexity index is 2680. The van der Waals surface area contributed by atoms with E-state index in [9.17, 15) is 0 Å². The molecule has 81 heavy (non-hydrogen) atoms. The quantitative estimate of drug-likeness (QED) is 0.0959. The maximum absolute atomic E-state index is 15.7. The topological polar surface area (TPSA) is 100 Å². The summed E-state index contributed by atoms with van der Waals surface area (Å²) in [6.07, 6.45) is -1.34. The van der Waals surface area contributed by atoms with Crippen LogP contribution in [0.5, 0.6) is 46.0 Å². The van der Waals surface area contributed by atoms with Crippen LogP contribution >= 0.6 is 0 Å². The van der Waals surface area contributed by atoms with E-state index in [-0.39, 0.29) is 35.3 Å². The normalized spacial score (nSPS) is 16.9. The van der Waals surface area contributed by atoms with E-state index in [1.807, 2.05) is 24.3 Å². The van der Waals surface area contributed by atoms with E-state index in [0.29, 0.717) is 58.0 Å². The summed E-state index contributed by atoms with van der Waals surface area (Å²) in [4.78, 5) is 15.7. The zero-order chi connectivity index (χ0) is 63.1. The van der Waals surface area contributed by atoms with Crippen molar-refractivity contribution in [2.24, 2.45) is 0 Å². The number of carbonyl (C=O) groups is 1. The Morgan fingerprint density at radius 3 is 1.11 bits per heavy atom. The molecule has 0 fully saturated rings. The molecule has 0 radical (unpaired) electrons. The first kappa shape index (κ1) is 70.5. The number of benzene rings is 3. The van der Waals surface area contributed by atoms with Gasteiger partial charge in [-0.15, -0.1) is 0 Å². The fourth-order valence-electron chi connectivity index (χ4n) is 6.97. The minimum atomic E-state index is -2.56. The largest absolute Gasteiger partial charge is 0.543 e. The molecule has 0 aliphatic carbocycles. The van der Waals surface area contributed by atoms with Gasteiger partial charge < -0.3 is 40.5 Å². The number of esters is 1. The molecule has 0 amide bonds. The van der Waals surface area contributed by atoms with Crippen molar-refractivity contribution in [1.82, 2.24) is 0 Å². The second-order valence-electron chi connectivity index (χ2n) is 34.1. The van der Waals surface area contributed by atoms with Crippen LogP contribution in [0.2, 0.25) is 127 Å². The summed E-state index contributed by atoms with van der Waals surface area (Å²) in [5.41, 5.74) is 1.92. The minimum Gasteiger partial charge on any atom is -0.543 e. The van der Waals surface area contributed by atoms with Gasteiger partial charge in [0.05, 0.1) is 5.56 Å². The van der Waals surface area contributed by atoms with Crippen LogP contribution < -0.4 is 35.7 Å². The summed E-state index contributed by atoms with van der Waals surface area (Å²) in [7, 11) is -17.3. The van der Waals surface area contributed by atoms with E-state index in [1.54, 1.807) is 0 Å². The highest BCUT2D eigenvalue weighted by Crippen LogP contribution is 2.53. The molecule has 0 unspecified atom stereocenters. The van der Waals surface area contributed by atoms with Gasteiger partial charge in [0.2, 0.25) is 16.6 Å². The van der Waals surface area contributed by atoms with Crippen LogP contribution in [0.1, 0.15) is 173 Å². The van der Waals surface area contributed by atoms with Crippen molar-refractivity contribution in [2.75, 3.05) is 0 Å². The molecular formula is C64H116O10Si7. The molecule has 0 saturated carbocycles. The lowest BCUT2D eigenvalue weighted by Crippen LogP contribution is -2.47. The Balaban J connectivity index is 2.17. The van der Waals surface area contributed by atoms with E-state index in [4.69, 9.17) is 40.5 Å². The van der Waals surface area contributed by atoms with Gasteiger partial charge in [-0.25, -0.2) is 4.79 Å². The SMILES string of the molecule is CC(C)(C)[Si](C)(C)Oc1cc2c(c(O[Si](C)(C)C(C)(C)C)c1)C[C@@H](OC(=O)c1cc(O[Si](C)(C)C(C)(C)C)c(O[Si](C)(C)C(C)(C)C)c(O[Si](C)(C)C(C)(C)C)c1)[C@@H](c1ccc(O[Si](C)(C)C(C)(C)C)c(O[Si](C)(C)C(C)(C)C)c1)O2. The van der Waals surface area contributed by atoms with Gasteiger partial charge in [-0.3, -0.25) is 0 Å². The zero-order valence-corrected chi connectivity index (χ0v) is 65.0. The summed E-state index contributed by atoms with van der Waals surface area (Å²) in [6.45, 7) is 78.5.